The van der Waals surface area contributed by atoms with Crippen LogP contribution in [0.5, 0.6) is 0 Å². The van der Waals surface area contributed by atoms with Crippen molar-refractivity contribution in [2.45, 2.75) is 65.8 Å². The molecule has 0 bridgehead atoms. The Morgan fingerprint density at radius 2 is 1.94 bits per heavy atom. The van der Waals surface area contributed by atoms with Gasteiger partial charge >= 0.3 is 5.97 Å². The molecule has 106 valence electrons. The van der Waals surface area contributed by atoms with Gasteiger partial charge in [-0.3, -0.25) is 9.69 Å². The molecule has 3 heteroatoms. The first-order valence-electron chi connectivity index (χ1n) is 7.53. The number of ether oxygens (including phenoxy) is 1. The molecular formula is C15H29NO2. The SMILES string of the molecule is CCCC(C(=O)OCC)N1CCC(CC)(CC)C1. The summed E-state index contributed by atoms with van der Waals surface area (Å²) in [4.78, 5) is 14.4. The number of hydrogen-bond acceptors (Lipinski definition) is 3. The van der Waals surface area contributed by atoms with Crippen LogP contribution in [0.25, 0.3) is 0 Å². The first-order chi connectivity index (χ1) is 8.62. The van der Waals surface area contributed by atoms with E-state index in [4.69, 9.17) is 4.74 Å². The Morgan fingerprint density at radius 1 is 1.28 bits per heavy atom. The zero-order valence-corrected chi connectivity index (χ0v) is 12.5. The van der Waals surface area contributed by atoms with Crippen LogP contribution in [0, 0.1) is 5.41 Å². The van der Waals surface area contributed by atoms with E-state index in [1.165, 1.54) is 19.3 Å². The van der Waals surface area contributed by atoms with Crippen molar-refractivity contribution in [3.05, 3.63) is 0 Å². The molecule has 0 aliphatic carbocycles. The van der Waals surface area contributed by atoms with Gasteiger partial charge < -0.3 is 4.74 Å². The highest BCUT2D eigenvalue weighted by Gasteiger charge is 2.39. The van der Waals surface area contributed by atoms with Gasteiger partial charge in [0.05, 0.1) is 6.61 Å². The van der Waals surface area contributed by atoms with Gasteiger partial charge in [0.1, 0.15) is 6.04 Å². The van der Waals surface area contributed by atoms with Gasteiger partial charge in [0.2, 0.25) is 0 Å². The second kappa shape index (κ2) is 7.13. The fourth-order valence-corrected chi connectivity index (χ4v) is 3.02. The van der Waals surface area contributed by atoms with Crippen LogP contribution in [0.4, 0.5) is 0 Å². The zero-order chi connectivity index (χ0) is 13.6. The molecule has 0 saturated carbocycles. The number of rotatable bonds is 7. The van der Waals surface area contributed by atoms with Gasteiger partial charge in [-0.1, -0.05) is 27.2 Å². The molecular weight excluding hydrogens is 226 g/mol. The number of carbonyl (C=O) groups is 1. The smallest absolute Gasteiger partial charge is 0.323 e. The maximum Gasteiger partial charge on any atom is 0.323 e. The highest BCUT2D eigenvalue weighted by Crippen LogP contribution is 2.38. The average Bonchev–Trinajstić information content (AvgIpc) is 2.81. The predicted molar refractivity (Wildman–Crippen MR) is 74.5 cm³/mol. The van der Waals surface area contributed by atoms with Gasteiger partial charge in [-0.15, -0.1) is 0 Å². The summed E-state index contributed by atoms with van der Waals surface area (Å²) >= 11 is 0. The van der Waals surface area contributed by atoms with Gasteiger partial charge in [0, 0.05) is 6.54 Å². The van der Waals surface area contributed by atoms with Crippen molar-refractivity contribution in [3.63, 3.8) is 0 Å². The molecule has 1 aliphatic heterocycles. The molecule has 0 aromatic carbocycles. The number of esters is 1. The topological polar surface area (TPSA) is 29.5 Å². The standard InChI is InChI=1S/C15H29NO2/c1-5-9-13(14(17)18-8-4)16-11-10-15(6-2,7-3)12-16/h13H,5-12H2,1-4H3. The first kappa shape index (κ1) is 15.5. The van der Waals surface area contributed by atoms with Crippen molar-refractivity contribution in [2.75, 3.05) is 19.7 Å². The molecule has 0 spiro atoms. The Hall–Kier alpha value is -0.570. The lowest BCUT2D eigenvalue weighted by Gasteiger charge is -2.30. The summed E-state index contributed by atoms with van der Waals surface area (Å²) in [6.07, 6.45) is 5.59. The summed E-state index contributed by atoms with van der Waals surface area (Å²) in [5.74, 6) is -0.0256. The van der Waals surface area contributed by atoms with Crippen molar-refractivity contribution in [1.29, 1.82) is 0 Å². The lowest BCUT2D eigenvalue weighted by molar-refractivity contribution is -0.149. The fraction of sp³-hybridized carbons (Fsp3) is 0.933. The normalized spacial score (nSPS) is 20.9. The maximum absolute atomic E-state index is 12.0. The number of nitrogens with zero attached hydrogens (tertiary/aromatic N) is 1. The summed E-state index contributed by atoms with van der Waals surface area (Å²) in [6.45, 7) is 11.1. The van der Waals surface area contributed by atoms with Crippen molar-refractivity contribution >= 4 is 5.97 Å². The molecule has 1 aliphatic rings. The summed E-state index contributed by atoms with van der Waals surface area (Å²) < 4.78 is 5.22. The van der Waals surface area contributed by atoms with Crippen molar-refractivity contribution in [2.24, 2.45) is 5.41 Å². The Balaban J connectivity index is 2.68. The Bertz CT molecular complexity index is 261. The van der Waals surface area contributed by atoms with Crippen molar-refractivity contribution in [3.8, 4) is 0 Å². The molecule has 0 amide bonds. The lowest BCUT2D eigenvalue weighted by Crippen LogP contribution is -2.42. The van der Waals surface area contributed by atoms with Gasteiger partial charge in [0.25, 0.3) is 0 Å². The highest BCUT2D eigenvalue weighted by atomic mass is 16.5. The summed E-state index contributed by atoms with van der Waals surface area (Å²) in [5.41, 5.74) is 0.429. The molecule has 1 atom stereocenters. The van der Waals surface area contributed by atoms with E-state index in [-0.39, 0.29) is 12.0 Å². The van der Waals surface area contributed by atoms with Crippen LogP contribution in [0.15, 0.2) is 0 Å². The van der Waals surface area contributed by atoms with Gasteiger partial charge in [-0.25, -0.2) is 0 Å². The van der Waals surface area contributed by atoms with Crippen LogP contribution in [0.1, 0.15) is 59.8 Å². The molecule has 3 nitrogen and oxygen atoms in total. The minimum atomic E-state index is -0.0256. The van der Waals surface area contributed by atoms with Crippen LogP contribution in [0.2, 0.25) is 0 Å². The van der Waals surface area contributed by atoms with E-state index in [1.54, 1.807) is 0 Å². The molecule has 18 heavy (non-hydrogen) atoms. The summed E-state index contributed by atoms with van der Waals surface area (Å²) in [6, 6.07) is -0.0186. The van der Waals surface area contributed by atoms with E-state index in [1.807, 2.05) is 6.92 Å². The lowest BCUT2D eigenvalue weighted by atomic mass is 9.82. The van der Waals surface area contributed by atoms with Crippen LogP contribution in [0.3, 0.4) is 0 Å². The van der Waals surface area contributed by atoms with Crippen LogP contribution < -0.4 is 0 Å². The summed E-state index contributed by atoms with van der Waals surface area (Å²) in [5, 5.41) is 0. The van der Waals surface area contributed by atoms with E-state index in [2.05, 4.69) is 25.7 Å². The average molecular weight is 255 g/mol. The quantitative estimate of drug-likeness (QED) is 0.654. The molecule has 1 unspecified atom stereocenters. The Kier molecular flexibility index (Phi) is 6.13. The van der Waals surface area contributed by atoms with E-state index in [9.17, 15) is 4.79 Å². The minimum Gasteiger partial charge on any atom is -0.465 e. The number of carbonyl (C=O) groups excluding carboxylic acids is 1. The molecule has 0 N–H and O–H groups in total. The highest BCUT2D eigenvalue weighted by molar-refractivity contribution is 5.75. The number of hydrogen-bond donors (Lipinski definition) is 0. The largest absolute Gasteiger partial charge is 0.465 e. The predicted octanol–water partition coefficient (Wildman–Crippen LogP) is 3.23. The van der Waals surface area contributed by atoms with E-state index < -0.39 is 0 Å². The molecule has 1 saturated heterocycles. The van der Waals surface area contributed by atoms with Crippen molar-refractivity contribution in [1.82, 2.24) is 4.90 Å². The zero-order valence-electron chi connectivity index (χ0n) is 12.5. The number of likely N-dealkylation sites (tertiary alicyclic amines) is 1. The van der Waals surface area contributed by atoms with E-state index >= 15 is 0 Å². The molecule has 0 radical (unpaired) electrons. The second-order valence-corrected chi connectivity index (χ2v) is 5.48. The third-order valence-electron chi connectivity index (χ3n) is 4.53. The summed E-state index contributed by atoms with van der Waals surface area (Å²) in [7, 11) is 0. The molecule has 1 heterocycles. The van der Waals surface area contributed by atoms with Gasteiger partial charge in [-0.05, 0) is 44.6 Å². The van der Waals surface area contributed by atoms with Crippen LogP contribution >= 0.6 is 0 Å². The Morgan fingerprint density at radius 3 is 2.39 bits per heavy atom. The van der Waals surface area contributed by atoms with Crippen LogP contribution in [-0.2, 0) is 9.53 Å². The molecule has 0 aromatic heterocycles. The molecule has 0 aromatic rings. The minimum absolute atomic E-state index is 0.0186. The van der Waals surface area contributed by atoms with E-state index in [0.29, 0.717) is 12.0 Å². The van der Waals surface area contributed by atoms with Gasteiger partial charge in [-0.2, -0.15) is 0 Å². The molecule has 1 rings (SSSR count). The third-order valence-corrected chi connectivity index (χ3v) is 4.53. The fourth-order valence-electron chi connectivity index (χ4n) is 3.02. The second-order valence-electron chi connectivity index (χ2n) is 5.48. The Labute approximate surface area is 112 Å². The first-order valence-corrected chi connectivity index (χ1v) is 7.53. The van der Waals surface area contributed by atoms with Crippen LogP contribution in [-0.4, -0.2) is 36.6 Å². The van der Waals surface area contributed by atoms with Crippen molar-refractivity contribution < 1.29 is 9.53 Å². The van der Waals surface area contributed by atoms with E-state index in [0.717, 1.165) is 25.9 Å². The maximum atomic E-state index is 12.0. The van der Waals surface area contributed by atoms with Gasteiger partial charge in [0.15, 0.2) is 0 Å². The third kappa shape index (κ3) is 3.47. The molecule has 1 fully saturated rings. The monoisotopic (exact) mass is 255 g/mol.